The van der Waals surface area contributed by atoms with Crippen LogP contribution in [0.4, 0.5) is 11.4 Å². The van der Waals surface area contributed by atoms with Gasteiger partial charge in [-0.25, -0.2) is 9.69 Å². The van der Waals surface area contributed by atoms with Gasteiger partial charge in [-0.05, 0) is 71.3 Å². The van der Waals surface area contributed by atoms with Crippen LogP contribution in [0.2, 0.25) is 0 Å². The SMILES string of the molecule is CCc1ccc(N2C(=O)C(Cl)=C(Nc3ccc(C(=O)Oc4ccc5ccccc5c4)cc3)C2=O)cc1. The van der Waals surface area contributed by atoms with Gasteiger partial charge in [0, 0.05) is 5.69 Å². The van der Waals surface area contributed by atoms with Gasteiger partial charge < -0.3 is 10.1 Å². The molecule has 5 rings (SSSR count). The minimum atomic E-state index is -0.594. The summed E-state index contributed by atoms with van der Waals surface area (Å²) in [5.41, 5.74) is 2.35. The lowest BCUT2D eigenvalue weighted by molar-refractivity contribution is -0.120. The van der Waals surface area contributed by atoms with Crippen molar-refractivity contribution in [3.63, 3.8) is 0 Å². The van der Waals surface area contributed by atoms with Crippen molar-refractivity contribution in [2.45, 2.75) is 13.3 Å². The molecule has 2 amide bonds. The first-order chi connectivity index (χ1) is 17.4. The van der Waals surface area contributed by atoms with Crippen molar-refractivity contribution in [1.29, 1.82) is 0 Å². The Hall–Kier alpha value is -4.42. The smallest absolute Gasteiger partial charge is 0.343 e. The maximum Gasteiger partial charge on any atom is 0.343 e. The minimum absolute atomic E-state index is 0.0206. The summed E-state index contributed by atoms with van der Waals surface area (Å²) in [7, 11) is 0. The Kier molecular flexibility index (Phi) is 6.27. The summed E-state index contributed by atoms with van der Waals surface area (Å²) < 4.78 is 5.51. The zero-order chi connectivity index (χ0) is 25.2. The number of fused-ring (bicyclic) bond motifs is 1. The quantitative estimate of drug-likeness (QED) is 0.199. The van der Waals surface area contributed by atoms with Gasteiger partial charge in [-0.2, -0.15) is 0 Å². The average Bonchev–Trinajstić information content (AvgIpc) is 3.12. The molecule has 0 radical (unpaired) electrons. The van der Waals surface area contributed by atoms with Gasteiger partial charge in [-0.1, -0.05) is 61.0 Å². The highest BCUT2D eigenvalue weighted by molar-refractivity contribution is 6.53. The summed E-state index contributed by atoms with van der Waals surface area (Å²) in [4.78, 5) is 39.3. The molecule has 0 saturated carbocycles. The third-order valence-electron chi connectivity index (χ3n) is 5.95. The Balaban J connectivity index is 1.28. The van der Waals surface area contributed by atoms with Crippen LogP contribution in [0, 0.1) is 0 Å². The number of esters is 1. The number of nitrogens with zero attached hydrogens (tertiary/aromatic N) is 1. The molecule has 178 valence electrons. The minimum Gasteiger partial charge on any atom is -0.423 e. The molecular formula is C29H21ClN2O4. The van der Waals surface area contributed by atoms with E-state index in [1.807, 2.05) is 55.5 Å². The number of imide groups is 1. The maximum atomic E-state index is 13.0. The zero-order valence-corrected chi connectivity index (χ0v) is 20.1. The predicted octanol–water partition coefficient (Wildman–Crippen LogP) is 6.06. The lowest BCUT2D eigenvalue weighted by atomic mass is 10.1. The molecule has 0 atom stereocenters. The van der Waals surface area contributed by atoms with Crippen molar-refractivity contribution in [2.24, 2.45) is 0 Å². The van der Waals surface area contributed by atoms with Crippen molar-refractivity contribution in [2.75, 3.05) is 10.2 Å². The number of carbonyl (C=O) groups excluding carboxylic acids is 3. The third-order valence-corrected chi connectivity index (χ3v) is 6.30. The van der Waals surface area contributed by atoms with Crippen molar-refractivity contribution < 1.29 is 19.1 Å². The van der Waals surface area contributed by atoms with Gasteiger partial charge >= 0.3 is 5.97 Å². The Bertz CT molecular complexity index is 1530. The monoisotopic (exact) mass is 496 g/mol. The number of nitrogens with one attached hydrogen (secondary N) is 1. The van der Waals surface area contributed by atoms with Crippen molar-refractivity contribution in [3.05, 3.63) is 113 Å². The van der Waals surface area contributed by atoms with Crippen LogP contribution < -0.4 is 15.0 Å². The second-order valence-electron chi connectivity index (χ2n) is 8.26. The molecule has 0 fully saturated rings. The molecule has 0 bridgehead atoms. The van der Waals surface area contributed by atoms with Gasteiger partial charge in [-0.3, -0.25) is 9.59 Å². The molecule has 0 aliphatic carbocycles. The molecule has 4 aromatic rings. The first kappa shape index (κ1) is 23.3. The Labute approximate surface area is 212 Å². The normalized spacial score (nSPS) is 13.4. The number of aryl methyl sites for hydroxylation is 1. The van der Waals surface area contributed by atoms with E-state index < -0.39 is 17.8 Å². The molecule has 7 heteroatoms. The largest absolute Gasteiger partial charge is 0.423 e. The first-order valence-electron chi connectivity index (χ1n) is 11.4. The van der Waals surface area contributed by atoms with E-state index in [4.69, 9.17) is 16.3 Å². The lowest BCUT2D eigenvalue weighted by Crippen LogP contribution is -2.32. The molecule has 0 saturated heterocycles. The molecule has 1 heterocycles. The molecule has 4 aromatic carbocycles. The van der Waals surface area contributed by atoms with Crippen LogP contribution in [0.25, 0.3) is 10.8 Å². The number of carbonyl (C=O) groups is 3. The highest BCUT2D eigenvalue weighted by Gasteiger charge is 2.38. The molecule has 0 aromatic heterocycles. The predicted molar refractivity (Wildman–Crippen MR) is 140 cm³/mol. The Morgan fingerprint density at radius 2 is 1.56 bits per heavy atom. The first-order valence-corrected chi connectivity index (χ1v) is 11.8. The number of hydrogen-bond acceptors (Lipinski definition) is 5. The molecule has 1 N–H and O–H groups in total. The van der Waals surface area contributed by atoms with Crippen molar-refractivity contribution in [1.82, 2.24) is 0 Å². The Morgan fingerprint density at radius 3 is 2.25 bits per heavy atom. The second kappa shape index (κ2) is 9.68. The number of hydrogen-bond donors (Lipinski definition) is 1. The topological polar surface area (TPSA) is 75.7 Å². The van der Waals surface area contributed by atoms with Crippen molar-refractivity contribution in [3.8, 4) is 5.75 Å². The van der Waals surface area contributed by atoms with Gasteiger partial charge in [0.05, 0.1) is 11.3 Å². The summed E-state index contributed by atoms with van der Waals surface area (Å²) in [6.07, 6.45) is 0.847. The van der Waals surface area contributed by atoms with E-state index >= 15 is 0 Å². The van der Waals surface area contributed by atoms with Crippen LogP contribution in [0.5, 0.6) is 5.75 Å². The molecule has 6 nitrogen and oxygen atoms in total. The second-order valence-corrected chi connectivity index (χ2v) is 8.63. The van der Waals surface area contributed by atoms with Gasteiger partial charge in [0.15, 0.2) is 0 Å². The molecule has 1 aliphatic rings. The van der Waals surface area contributed by atoms with Crippen LogP contribution >= 0.6 is 11.6 Å². The zero-order valence-electron chi connectivity index (χ0n) is 19.3. The van der Waals surface area contributed by atoms with Gasteiger partial charge in [0.1, 0.15) is 16.5 Å². The van der Waals surface area contributed by atoms with Gasteiger partial charge in [0.2, 0.25) is 0 Å². The lowest BCUT2D eigenvalue weighted by Gasteiger charge is -2.15. The van der Waals surface area contributed by atoms with E-state index in [0.29, 0.717) is 22.7 Å². The summed E-state index contributed by atoms with van der Waals surface area (Å²) in [5, 5.41) is 4.74. The number of rotatable bonds is 6. The van der Waals surface area contributed by atoms with Crippen LogP contribution in [-0.2, 0) is 16.0 Å². The maximum absolute atomic E-state index is 13.0. The molecule has 1 aliphatic heterocycles. The number of benzene rings is 4. The summed E-state index contributed by atoms with van der Waals surface area (Å²) >= 11 is 6.22. The molecule has 0 unspecified atom stereocenters. The summed E-state index contributed by atoms with van der Waals surface area (Å²) in [5.74, 6) is -1.21. The average molecular weight is 497 g/mol. The van der Waals surface area contributed by atoms with E-state index in [-0.39, 0.29) is 10.7 Å². The molecule has 36 heavy (non-hydrogen) atoms. The highest BCUT2D eigenvalue weighted by Crippen LogP contribution is 2.30. The standard InChI is InChI=1S/C29H21ClN2O4/c1-2-18-7-14-23(15-8-18)32-27(33)25(30)26(28(32)34)31-22-12-9-20(10-13-22)29(35)36-24-16-11-19-5-3-4-6-21(19)17-24/h3-17,31H,2H2,1H3. The van der Waals surface area contributed by atoms with E-state index in [0.717, 1.165) is 27.7 Å². The van der Waals surface area contributed by atoms with E-state index in [9.17, 15) is 14.4 Å². The van der Waals surface area contributed by atoms with E-state index in [1.165, 1.54) is 0 Å². The fourth-order valence-electron chi connectivity index (χ4n) is 3.96. The highest BCUT2D eigenvalue weighted by atomic mass is 35.5. The Morgan fingerprint density at radius 1 is 0.861 bits per heavy atom. The van der Waals surface area contributed by atoms with Crippen LogP contribution in [-0.4, -0.2) is 17.8 Å². The number of ether oxygens (including phenoxy) is 1. The van der Waals surface area contributed by atoms with Crippen LogP contribution in [0.3, 0.4) is 0 Å². The van der Waals surface area contributed by atoms with E-state index in [1.54, 1.807) is 42.5 Å². The van der Waals surface area contributed by atoms with Crippen molar-refractivity contribution >= 4 is 51.5 Å². The number of amides is 2. The number of halogens is 1. The van der Waals surface area contributed by atoms with Crippen LogP contribution in [0.15, 0.2) is 102 Å². The summed E-state index contributed by atoms with van der Waals surface area (Å²) in [6, 6.07) is 26.8. The van der Waals surface area contributed by atoms with Gasteiger partial charge in [0.25, 0.3) is 11.8 Å². The fraction of sp³-hybridized carbons (Fsp3) is 0.0690. The molecular weight excluding hydrogens is 476 g/mol. The number of anilines is 2. The molecule has 0 spiro atoms. The van der Waals surface area contributed by atoms with Crippen LogP contribution in [0.1, 0.15) is 22.8 Å². The van der Waals surface area contributed by atoms with E-state index in [2.05, 4.69) is 5.32 Å². The van der Waals surface area contributed by atoms with Gasteiger partial charge in [-0.15, -0.1) is 0 Å². The fourth-order valence-corrected chi connectivity index (χ4v) is 4.17. The third kappa shape index (κ3) is 4.46. The summed E-state index contributed by atoms with van der Waals surface area (Å²) in [6.45, 7) is 2.02.